The minimum absolute atomic E-state index is 0.0543. The average Bonchev–Trinajstić information content (AvgIpc) is 2.87. The number of aliphatic hydroxyl groups excluding tert-OH is 1. The molecular formula is C15H20O7. The maximum atomic E-state index is 12.2. The summed E-state index contributed by atoms with van der Waals surface area (Å²) in [4.78, 5) is 24.3. The topological polar surface area (TPSA) is 113 Å². The lowest BCUT2D eigenvalue weighted by Gasteiger charge is -2.64. The number of carbonyl (C=O) groups is 2. The molecule has 3 N–H and O–H groups in total. The largest absolute Gasteiger partial charge is 0.463 e. The summed E-state index contributed by atoms with van der Waals surface area (Å²) in [5.41, 5.74) is -6.10. The van der Waals surface area contributed by atoms with Gasteiger partial charge in [-0.2, -0.15) is 0 Å². The molecule has 2 saturated heterocycles. The maximum absolute atomic E-state index is 12.2. The van der Waals surface area contributed by atoms with Crippen LogP contribution in [0.25, 0.3) is 0 Å². The van der Waals surface area contributed by atoms with Gasteiger partial charge in [0.2, 0.25) is 5.60 Å². The van der Waals surface area contributed by atoms with Crippen LogP contribution >= 0.6 is 0 Å². The molecule has 0 aromatic rings. The molecule has 4 aliphatic rings. The highest BCUT2D eigenvalue weighted by molar-refractivity contribution is 5.87. The minimum Gasteiger partial charge on any atom is -0.463 e. The zero-order valence-electron chi connectivity index (χ0n) is 12.5. The molecule has 0 aromatic heterocycles. The molecule has 1 unspecified atom stereocenters. The zero-order valence-corrected chi connectivity index (χ0v) is 12.5. The van der Waals surface area contributed by atoms with Crippen molar-refractivity contribution in [3.05, 3.63) is 0 Å². The van der Waals surface area contributed by atoms with E-state index in [9.17, 15) is 24.9 Å². The number of fused-ring (bicyclic) bond motifs is 4. The molecule has 2 aliphatic heterocycles. The molecule has 0 radical (unpaired) electrons. The van der Waals surface area contributed by atoms with Crippen LogP contribution in [0.1, 0.15) is 33.1 Å². The van der Waals surface area contributed by atoms with Gasteiger partial charge in [-0.1, -0.05) is 6.92 Å². The molecule has 122 valence electrons. The van der Waals surface area contributed by atoms with E-state index in [1.54, 1.807) is 6.92 Å². The van der Waals surface area contributed by atoms with Gasteiger partial charge in [-0.3, -0.25) is 0 Å². The van der Waals surface area contributed by atoms with Gasteiger partial charge in [0.25, 0.3) is 0 Å². The van der Waals surface area contributed by atoms with E-state index in [4.69, 9.17) is 9.47 Å². The van der Waals surface area contributed by atoms with Gasteiger partial charge in [0.1, 0.15) is 12.7 Å². The Morgan fingerprint density at radius 1 is 1.27 bits per heavy atom. The fourth-order valence-corrected chi connectivity index (χ4v) is 5.66. The molecule has 7 heteroatoms. The highest BCUT2D eigenvalue weighted by Gasteiger charge is 2.85. The molecule has 1 spiro atoms. The van der Waals surface area contributed by atoms with E-state index >= 15 is 0 Å². The summed E-state index contributed by atoms with van der Waals surface area (Å²) in [6.07, 6.45) is -1.64. The van der Waals surface area contributed by atoms with E-state index in [0.717, 1.165) is 0 Å². The van der Waals surface area contributed by atoms with Crippen LogP contribution < -0.4 is 0 Å². The van der Waals surface area contributed by atoms with Crippen molar-refractivity contribution in [3.63, 3.8) is 0 Å². The summed E-state index contributed by atoms with van der Waals surface area (Å²) in [5.74, 6) is -1.90. The third kappa shape index (κ3) is 1.07. The Labute approximate surface area is 127 Å². The summed E-state index contributed by atoms with van der Waals surface area (Å²) in [5, 5.41) is 33.1. The summed E-state index contributed by atoms with van der Waals surface area (Å²) >= 11 is 0. The fraction of sp³-hybridized carbons (Fsp3) is 0.867. The van der Waals surface area contributed by atoms with Crippen molar-refractivity contribution < 1.29 is 34.4 Å². The van der Waals surface area contributed by atoms with Gasteiger partial charge in [0.15, 0.2) is 6.10 Å². The summed E-state index contributed by atoms with van der Waals surface area (Å²) in [6.45, 7) is 3.30. The van der Waals surface area contributed by atoms with E-state index in [1.807, 2.05) is 6.92 Å². The number of cyclic esters (lactones) is 1. The Morgan fingerprint density at radius 2 is 1.95 bits per heavy atom. The predicted molar refractivity (Wildman–Crippen MR) is 70.3 cm³/mol. The number of aliphatic hydroxyl groups is 3. The van der Waals surface area contributed by atoms with Crippen molar-refractivity contribution in [1.82, 2.24) is 0 Å². The van der Waals surface area contributed by atoms with Crippen LogP contribution in [-0.4, -0.2) is 57.3 Å². The van der Waals surface area contributed by atoms with Crippen molar-refractivity contribution in [2.45, 2.75) is 56.5 Å². The van der Waals surface area contributed by atoms with E-state index in [-0.39, 0.29) is 18.9 Å². The van der Waals surface area contributed by atoms with E-state index in [0.29, 0.717) is 12.8 Å². The van der Waals surface area contributed by atoms with Crippen molar-refractivity contribution in [1.29, 1.82) is 0 Å². The molecule has 7 atom stereocenters. The molecule has 22 heavy (non-hydrogen) atoms. The first kappa shape index (κ1) is 14.4. The molecule has 4 fully saturated rings. The SMILES string of the molecule is C[C@@H]1CC[C@@]2(O)C13C[C@@H](OC(=O)[C@@H]3O)[C@@]1(O)C(=O)OC[C@@]21C. The third-order valence-electron chi connectivity index (χ3n) is 7.10. The fourth-order valence-electron chi connectivity index (χ4n) is 5.66. The van der Waals surface area contributed by atoms with Crippen molar-refractivity contribution in [3.8, 4) is 0 Å². The minimum atomic E-state index is -2.08. The highest BCUT2D eigenvalue weighted by Crippen LogP contribution is 2.71. The van der Waals surface area contributed by atoms with Crippen LogP contribution in [-0.2, 0) is 19.1 Å². The highest BCUT2D eigenvalue weighted by atomic mass is 16.6. The molecule has 0 aromatic carbocycles. The smallest absolute Gasteiger partial charge is 0.342 e. The second kappa shape index (κ2) is 3.66. The van der Waals surface area contributed by atoms with Crippen molar-refractivity contribution in [2.24, 2.45) is 16.7 Å². The first-order chi connectivity index (χ1) is 10.1. The first-order valence-corrected chi connectivity index (χ1v) is 7.66. The van der Waals surface area contributed by atoms with Gasteiger partial charge in [-0.15, -0.1) is 0 Å². The number of hydrogen-bond donors (Lipinski definition) is 3. The lowest BCUT2D eigenvalue weighted by molar-refractivity contribution is -0.320. The average molecular weight is 312 g/mol. The van der Waals surface area contributed by atoms with Gasteiger partial charge in [0.05, 0.1) is 11.0 Å². The maximum Gasteiger partial charge on any atom is 0.342 e. The van der Waals surface area contributed by atoms with E-state index in [1.165, 1.54) is 0 Å². The molecule has 2 aliphatic carbocycles. The first-order valence-electron chi connectivity index (χ1n) is 7.66. The molecule has 4 rings (SSSR count). The Bertz CT molecular complexity index is 590. The normalized spacial score (nSPS) is 59.6. The number of rotatable bonds is 0. The van der Waals surface area contributed by atoms with Crippen LogP contribution in [0.3, 0.4) is 0 Å². The predicted octanol–water partition coefficient (Wildman–Crippen LogP) is -0.882. The molecule has 7 nitrogen and oxygen atoms in total. The van der Waals surface area contributed by atoms with Crippen LogP contribution in [0.2, 0.25) is 0 Å². The van der Waals surface area contributed by atoms with Crippen LogP contribution in [0.15, 0.2) is 0 Å². The lowest BCUT2D eigenvalue weighted by atomic mass is 9.44. The monoisotopic (exact) mass is 312 g/mol. The van der Waals surface area contributed by atoms with Crippen LogP contribution in [0.4, 0.5) is 0 Å². The standard InChI is InChI=1S/C15H20O7/c1-7-3-4-14(19)12(2)6-21-11(18)15(12,20)8-5-13(7,14)9(16)10(17)22-8/h7-9,16,19-20H,3-6H2,1-2H3/t7-,8-,9+,12+,13?,14+,15-/m1/s1. The number of carbonyl (C=O) groups excluding carboxylic acids is 2. The summed E-state index contributed by atoms with van der Waals surface area (Å²) < 4.78 is 10.2. The Kier molecular flexibility index (Phi) is 2.40. The van der Waals surface area contributed by atoms with Gasteiger partial charge < -0.3 is 24.8 Å². The molecule has 2 saturated carbocycles. The van der Waals surface area contributed by atoms with Gasteiger partial charge in [0, 0.05) is 5.41 Å². The van der Waals surface area contributed by atoms with Crippen LogP contribution in [0, 0.1) is 16.7 Å². The molecule has 0 amide bonds. The summed E-state index contributed by atoms with van der Waals surface area (Å²) in [7, 11) is 0. The molecular weight excluding hydrogens is 292 g/mol. The second-order valence-electron chi connectivity index (χ2n) is 7.55. The lowest BCUT2D eigenvalue weighted by Crippen LogP contribution is -2.80. The quantitative estimate of drug-likeness (QED) is 0.498. The Hall–Kier alpha value is -1.18. The summed E-state index contributed by atoms with van der Waals surface area (Å²) in [6, 6.07) is 0. The number of esters is 2. The number of hydrogen-bond acceptors (Lipinski definition) is 7. The zero-order chi connectivity index (χ0) is 16.1. The molecule has 2 bridgehead atoms. The number of ether oxygens (including phenoxy) is 2. The van der Waals surface area contributed by atoms with E-state index in [2.05, 4.69) is 0 Å². The van der Waals surface area contributed by atoms with E-state index < -0.39 is 46.2 Å². The van der Waals surface area contributed by atoms with Gasteiger partial charge in [-0.25, -0.2) is 9.59 Å². The second-order valence-corrected chi connectivity index (χ2v) is 7.55. The van der Waals surface area contributed by atoms with Gasteiger partial charge >= 0.3 is 11.9 Å². The Morgan fingerprint density at radius 3 is 2.64 bits per heavy atom. The third-order valence-corrected chi connectivity index (χ3v) is 7.10. The Balaban J connectivity index is 2.01. The van der Waals surface area contributed by atoms with Gasteiger partial charge in [-0.05, 0) is 32.1 Å². The van der Waals surface area contributed by atoms with Crippen molar-refractivity contribution >= 4 is 11.9 Å². The van der Waals surface area contributed by atoms with Crippen molar-refractivity contribution in [2.75, 3.05) is 6.61 Å². The molecule has 2 heterocycles. The van der Waals surface area contributed by atoms with Crippen LogP contribution in [0.5, 0.6) is 0 Å².